The van der Waals surface area contributed by atoms with Gasteiger partial charge in [-0.1, -0.05) is 31.2 Å². The Balaban J connectivity index is 1.89. The van der Waals surface area contributed by atoms with Crippen LogP contribution < -0.4 is 0 Å². The lowest BCUT2D eigenvalue weighted by atomic mass is 10.0. The lowest BCUT2D eigenvalue weighted by Crippen LogP contribution is -2.00. The molecule has 0 radical (unpaired) electrons. The Labute approximate surface area is 163 Å². The van der Waals surface area contributed by atoms with Crippen LogP contribution in [-0.4, -0.2) is 37.3 Å². The van der Waals surface area contributed by atoms with Crippen LogP contribution in [0.25, 0.3) is 32.9 Å². The van der Waals surface area contributed by atoms with E-state index in [1.54, 1.807) is 0 Å². The summed E-state index contributed by atoms with van der Waals surface area (Å²) >= 11 is 1.19. The number of hydrogen-bond acceptors (Lipinski definition) is 5. The molecular weight excluding hydrogens is 378 g/mol. The van der Waals surface area contributed by atoms with Gasteiger partial charge in [0.05, 0.1) is 32.8 Å². The highest BCUT2D eigenvalue weighted by Crippen LogP contribution is 2.33. The molecule has 4 rings (SSSR count). The normalized spacial score (nSPS) is 11.0. The van der Waals surface area contributed by atoms with Crippen molar-refractivity contribution in [1.82, 2.24) is 15.2 Å². The van der Waals surface area contributed by atoms with E-state index >= 15 is 0 Å². The number of fused-ring (bicyclic) bond motifs is 1. The Morgan fingerprint density at radius 1 is 1.11 bits per heavy atom. The van der Waals surface area contributed by atoms with E-state index in [9.17, 15) is 14.7 Å². The van der Waals surface area contributed by atoms with Gasteiger partial charge in [0.2, 0.25) is 0 Å². The van der Waals surface area contributed by atoms with E-state index in [4.69, 9.17) is 5.11 Å². The monoisotopic (exact) mass is 393 g/mol. The van der Waals surface area contributed by atoms with E-state index in [2.05, 4.69) is 22.1 Å². The molecule has 3 aromatic heterocycles. The minimum Gasteiger partial charge on any atom is -0.478 e. The summed E-state index contributed by atoms with van der Waals surface area (Å²) in [6, 6.07) is 10.8. The third-order valence-electron chi connectivity index (χ3n) is 4.50. The van der Waals surface area contributed by atoms with Gasteiger partial charge in [0.1, 0.15) is 0 Å². The van der Waals surface area contributed by atoms with Crippen LogP contribution >= 0.6 is 11.3 Å². The van der Waals surface area contributed by atoms with Gasteiger partial charge in [0.25, 0.3) is 0 Å². The van der Waals surface area contributed by atoms with Gasteiger partial charge in [-0.3, -0.25) is 5.10 Å². The molecule has 0 unspecified atom stereocenters. The number of aromatic nitrogens is 3. The van der Waals surface area contributed by atoms with Crippen molar-refractivity contribution in [3.63, 3.8) is 0 Å². The Bertz CT molecular complexity index is 1210. The lowest BCUT2D eigenvalue weighted by molar-refractivity contribution is 0.0687. The van der Waals surface area contributed by atoms with Crippen LogP contribution in [0.5, 0.6) is 0 Å². The summed E-state index contributed by atoms with van der Waals surface area (Å²) in [5.74, 6) is -2.14. The number of aromatic carboxylic acids is 2. The summed E-state index contributed by atoms with van der Waals surface area (Å²) in [5.41, 5.74) is 3.44. The zero-order valence-corrected chi connectivity index (χ0v) is 15.6. The van der Waals surface area contributed by atoms with Crippen LogP contribution in [0, 0.1) is 0 Å². The lowest BCUT2D eigenvalue weighted by Gasteiger charge is -2.05. The fraction of sp³-hybridized carbons (Fsp3) is 0.100. The standard InChI is InChI=1S/C20H15N3O4S/c1-2-10-3-5-11(6-4-10)17-16-13(20(26)27)8-14(21-18(16)23-22-17)15-7-12(9-28-15)19(24)25/h3-9H,2H2,1H3,(H,24,25)(H,26,27)(H,21,22,23). The average molecular weight is 393 g/mol. The van der Waals surface area contributed by atoms with Crippen molar-refractivity contribution in [1.29, 1.82) is 0 Å². The fourth-order valence-electron chi connectivity index (χ4n) is 3.02. The molecule has 0 fully saturated rings. The number of thiophene rings is 1. The van der Waals surface area contributed by atoms with E-state index in [0.717, 1.165) is 12.0 Å². The van der Waals surface area contributed by atoms with Gasteiger partial charge in [0, 0.05) is 10.9 Å². The molecule has 0 aliphatic rings. The van der Waals surface area contributed by atoms with E-state index in [0.29, 0.717) is 21.7 Å². The Morgan fingerprint density at radius 2 is 1.86 bits per heavy atom. The molecule has 4 aromatic rings. The summed E-state index contributed by atoms with van der Waals surface area (Å²) in [7, 11) is 0. The minimum atomic E-state index is -1.10. The van der Waals surface area contributed by atoms with E-state index in [1.165, 1.54) is 34.4 Å². The molecule has 0 saturated heterocycles. The number of benzene rings is 1. The summed E-state index contributed by atoms with van der Waals surface area (Å²) in [5, 5.41) is 27.9. The first-order valence-corrected chi connectivity index (χ1v) is 9.39. The Morgan fingerprint density at radius 3 is 2.46 bits per heavy atom. The second-order valence-corrected chi connectivity index (χ2v) is 7.12. The van der Waals surface area contributed by atoms with Crippen LogP contribution in [0.3, 0.4) is 0 Å². The maximum atomic E-state index is 11.9. The van der Waals surface area contributed by atoms with Crippen LogP contribution in [0.4, 0.5) is 0 Å². The highest BCUT2D eigenvalue weighted by atomic mass is 32.1. The number of carbonyl (C=O) groups is 2. The van der Waals surface area contributed by atoms with E-state index < -0.39 is 11.9 Å². The summed E-state index contributed by atoms with van der Waals surface area (Å²) in [4.78, 5) is 28.1. The predicted molar refractivity (Wildman–Crippen MR) is 106 cm³/mol. The van der Waals surface area contributed by atoms with Crippen molar-refractivity contribution in [2.24, 2.45) is 0 Å². The number of aryl methyl sites for hydroxylation is 1. The highest BCUT2D eigenvalue weighted by molar-refractivity contribution is 7.13. The van der Waals surface area contributed by atoms with Gasteiger partial charge >= 0.3 is 11.9 Å². The molecular formula is C20H15N3O4S. The SMILES string of the molecule is CCc1ccc(-c2[nH]nc3nc(-c4cc(C(=O)O)cs4)cc(C(=O)O)c23)cc1. The summed E-state index contributed by atoms with van der Waals surface area (Å²) < 4.78 is 0. The third-order valence-corrected chi connectivity index (χ3v) is 5.46. The second kappa shape index (κ2) is 6.90. The molecule has 8 heteroatoms. The van der Waals surface area contributed by atoms with Crippen LogP contribution in [0.15, 0.2) is 41.8 Å². The number of rotatable bonds is 5. The van der Waals surface area contributed by atoms with Gasteiger partial charge in [-0.25, -0.2) is 14.6 Å². The molecule has 0 aliphatic carbocycles. The largest absolute Gasteiger partial charge is 0.478 e. The van der Waals surface area contributed by atoms with Crippen LogP contribution in [-0.2, 0) is 6.42 Å². The van der Waals surface area contributed by atoms with Crippen molar-refractivity contribution >= 4 is 34.3 Å². The molecule has 0 amide bonds. The first kappa shape index (κ1) is 17.9. The second-order valence-electron chi connectivity index (χ2n) is 6.21. The first-order chi connectivity index (χ1) is 13.5. The van der Waals surface area contributed by atoms with Crippen LogP contribution in [0.1, 0.15) is 33.2 Å². The maximum Gasteiger partial charge on any atom is 0.336 e. The number of pyridine rings is 1. The molecule has 1 aromatic carbocycles. The number of nitrogens with zero attached hydrogens (tertiary/aromatic N) is 2. The van der Waals surface area contributed by atoms with Gasteiger partial charge in [-0.05, 0) is 24.1 Å². The molecule has 7 nitrogen and oxygen atoms in total. The van der Waals surface area contributed by atoms with Crippen molar-refractivity contribution in [3.8, 4) is 21.8 Å². The first-order valence-electron chi connectivity index (χ1n) is 8.52. The number of H-pyrrole nitrogens is 1. The number of carboxylic acid groups (broad SMARTS) is 2. The zero-order valence-electron chi connectivity index (χ0n) is 14.8. The number of hydrogen-bond donors (Lipinski definition) is 3. The number of carboxylic acids is 2. The minimum absolute atomic E-state index is 0.0635. The highest BCUT2D eigenvalue weighted by Gasteiger charge is 2.20. The molecule has 0 saturated carbocycles. The fourth-order valence-corrected chi connectivity index (χ4v) is 3.86. The van der Waals surface area contributed by atoms with Crippen molar-refractivity contribution in [2.45, 2.75) is 13.3 Å². The Hall–Kier alpha value is -3.52. The van der Waals surface area contributed by atoms with Crippen molar-refractivity contribution in [2.75, 3.05) is 0 Å². The van der Waals surface area contributed by atoms with Gasteiger partial charge in [0.15, 0.2) is 5.65 Å². The van der Waals surface area contributed by atoms with Crippen molar-refractivity contribution < 1.29 is 19.8 Å². The van der Waals surface area contributed by atoms with Gasteiger partial charge in [-0.2, -0.15) is 5.10 Å². The molecule has 0 bridgehead atoms. The summed E-state index contributed by atoms with van der Waals surface area (Å²) in [6.45, 7) is 2.06. The third kappa shape index (κ3) is 3.03. The van der Waals surface area contributed by atoms with E-state index in [-0.39, 0.29) is 16.8 Å². The molecule has 0 atom stereocenters. The maximum absolute atomic E-state index is 11.9. The summed E-state index contributed by atoms with van der Waals surface area (Å²) in [6.07, 6.45) is 0.911. The van der Waals surface area contributed by atoms with Gasteiger partial charge in [-0.15, -0.1) is 11.3 Å². The molecule has 3 N–H and O–H groups in total. The smallest absolute Gasteiger partial charge is 0.336 e. The quantitative estimate of drug-likeness (QED) is 0.465. The predicted octanol–water partition coefficient (Wildman–Crippen LogP) is 4.31. The van der Waals surface area contributed by atoms with E-state index in [1.807, 2.05) is 24.3 Å². The molecule has 28 heavy (non-hydrogen) atoms. The molecule has 3 heterocycles. The topological polar surface area (TPSA) is 116 Å². The zero-order chi connectivity index (χ0) is 19.8. The van der Waals surface area contributed by atoms with Crippen molar-refractivity contribution in [3.05, 3.63) is 58.5 Å². The average Bonchev–Trinajstić information content (AvgIpc) is 3.34. The van der Waals surface area contributed by atoms with Gasteiger partial charge < -0.3 is 10.2 Å². The molecule has 140 valence electrons. The molecule has 0 spiro atoms. The molecule has 0 aliphatic heterocycles. The number of nitrogens with one attached hydrogen (secondary N) is 1. The number of aromatic amines is 1. The van der Waals surface area contributed by atoms with Crippen LogP contribution in [0.2, 0.25) is 0 Å². The Kier molecular flexibility index (Phi) is 4.40.